The highest BCUT2D eigenvalue weighted by Gasteiger charge is 2.13. The Morgan fingerprint density at radius 2 is 1.90 bits per heavy atom. The van der Waals surface area contributed by atoms with Crippen molar-refractivity contribution in [3.63, 3.8) is 0 Å². The van der Waals surface area contributed by atoms with Gasteiger partial charge in [-0.05, 0) is 48.5 Å². The van der Waals surface area contributed by atoms with Crippen LogP contribution in [-0.2, 0) is 4.79 Å². The summed E-state index contributed by atoms with van der Waals surface area (Å²) < 4.78 is 7.05. The van der Waals surface area contributed by atoms with E-state index in [0.717, 1.165) is 17.0 Å². The van der Waals surface area contributed by atoms with Crippen LogP contribution in [0.1, 0.15) is 0 Å². The van der Waals surface area contributed by atoms with Crippen molar-refractivity contribution >= 4 is 40.6 Å². The molecule has 0 aliphatic rings. The van der Waals surface area contributed by atoms with Crippen molar-refractivity contribution in [2.75, 3.05) is 18.2 Å². The van der Waals surface area contributed by atoms with Gasteiger partial charge in [0.2, 0.25) is 11.1 Å². The third-order valence-electron chi connectivity index (χ3n) is 4.08. The minimum Gasteiger partial charge on any atom is -0.496 e. The molecule has 2 heterocycles. The fraction of sp³-hybridized carbons (Fsp3) is 0.100. The molecule has 4 aromatic rings. The molecule has 1 amide bonds. The van der Waals surface area contributed by atoms with Crippen LogP contribution in [0.5, 0.6) is 5.75 Å². The number of hydrogen-bond donors (Lipinski definition) is 1. The number of aromatic nitrogens is 4. The second-order valence-corrected chi connectivity index (χ2v) is 7.39. The number of rotatable bonds is 6. The average Bonchev–Trinajstić information content (AvgIpc) is 3.16. The lowest BCUT2D eigenvalue weighted by molar-refractivity contribution is -0.113. The van der Waals surface area contributed by atoms with E-state index in [4.69, 9.17) is 16.3 Å². The first-order chi connectivity index (χ1) is 14.1. The quantitative estimate of drug-likeness (QED) is 0.466. The summed E-state index contributed by atoms with van der Waals surface area (Å²) in [6.45, 7) is 0. The average molecular weight is 426 g/mol. The Balaban J connectivity index is 1.52. The highest BCUT2D eigenvalue weighted by atomic mass is 35.5. The van der Waals surface area contributed by atoms with E-state index in [1.807, 2.05) is 36.4 Å². The van der Waals surface area contributed by atoms with E-state index in [0.29, 0.717) is 21.5 Å². The number of benzene rings is 2. The molecule has 0 radical (unpaired) electrons. The lowest BCUT2D eigenvalue weighted by Crippen LogP contribution is -2.14. The number of nitrogens with one attached hydrogen (secondary N) is 1. The molecule has 0 saturated heterocycles. The van der Waals surface area contributed by atoms with E-state index >= 15 is 0 Å². The zero-order valence-electron chi connectivity index (χ0n) is 15.4. The monoisotopic (exact) mass is 425 g/mol. The highest BCUT2D eigenvalue weighted by molar-refractivity contribution is 7.99. The van der Waals surface area contributed by atoms with Gasteiger partial charge in [0.15, 0.2) is 5.65 Å². The Kier molecular flexibility index (Phi) is 5.64. The fourth-order valence-electron chi connectivity index (χ4n) is 2.72. The fourth-order valence-corrected chi connectivity index (χ4v) is 3.53. The number of nitrogens with zero attached hydrogens (tertiary/aromatic N) is 4. The summed E-state index contributed by atoms with van der Waals surface area (Å²) in [5, 5.41) is 16.9. The summed E-state index contributed by atoms with van der Waals surface area (Å²) in [6, 6.07) is 18.3. The number of amides is 1. The molecular formula is C20H16ClN5O2S. The summed E-state index contributed by atoms with van der Waals surface area (Å²) in [5.41, 5.74) is 2.87. The predicted molar refractivity (Wildman–Crippen MR) is 114 cm³/mol. The Bertz CT molecular complexity index is 1160. The van der Waals surface area contributed by atoms with Crippen LogP contribution in [0.4, 0.5) is 5.69 Å². The number of carbonyl (C=O) groups excluding carboxylic acids is 1. The van der Waals surface area contributed by atoms with E-state index in [1.54, 1.807) is 35.9 Å². The van der Waals surface area contributed by atoms with Gasteiger partial charge in [0.1, 0.15) is 5.75 Å². The van der Waals surface area contributed by atoms with Crippen LogP contribution in [0, 0.1) is 0 Å². The van der Waals surface area contributed by atoms with Crippen molar-refractivity contribution in [3.8, 4) is 17.0 Å². The zero-order chi connectivity index (χ0) is 20.2. The Morgan fingerprint density at radius 1 is 1.10 bits per heavy atom. The Morgan fingerprint density at radius 3 is 2.69 bits per heavy atom. The van der Waals surface area contributed by atoms with Gasteiger partial charge < -0.3 is 10.1 Å². The standard InChI is InChI=1S/C20H16ClN5O2S/c1-28-17-5-3-2-4-15(17)16-10-11-18-23-24-20(26(18)25-16)29-12-19(27)22-14-8-6-13(21)7-9-14/h2-11H,12H2,1H3,(H,22,27). The molecule has 1 N–H and O–H groups in total. The predicted octanol–water partition coefficient (Wildman–Crippen LogP) is 4.18. The maximum Gasteiger partial charge on any atom is 0.234 e. The van der Waals surface area contributed by atoms with Gasteiger partial charge in [0.05, 0.1) is 18.6 Å². The molecule has 2 aromatic carbocycles. The van der Waals surface area contributed by atoms with Gasteiger partial charge >= 0.3 is 0 Å². The third kappa shape index (κ3) is 4.33. The molecule has 7 nitrogen and oxygen atoms in total. The number of ether oxygens (including phenoxy) is 1. The van der Waals surface area contributed by atoms with E-state index < -0.39 is 0 Å². The van der Waals surface area contributed by atoms with Crippen LogP contribution >= 0.6 is 23.4 Å². The first kappa shape index (κ1) is 19.2. The van der Waals surface area contributed by atoms with Gasteiger partial charge in [-0.25, -0.2) is 0 Å². The summed E-state index contributed by atoms with van der Waals surface area (Å²) in [6.07, 6.45) is 0. The molecule has 9 heteroatoms. The molecule has 0 saturated carbocycles. The molecule has 2 aromatic heterocycles. The van der Waals surface area contributed by atoms with Crippen LogP contribution < -0.4 is 10.1 Å². The maximum atomic E-state index is 12.2. The largest absolute Gasteiger partial charge is 0.496 e. The normalized spacial score (nSPS) is 10.8. The van der Waals surface area contributed by atoms with Crippen molar-refractivity contribution in [3.05, 3.63) is 65.7 Å². The number of thioether (sulfide) groups is 1. The summed E-state index contributed by atoms with van der Waals surface area (Å²) >= 11 is 7.12. The number of hydrogen-bond acceptors (Lipinski definition) is 6. The molecule has 0 aliphatic carbocycles. The van der Waals surface area contributed by atoms with E-state index in [-0.39, 0.29) is 11.7 Å². The second kappa shape index (κ2) is 8.50. The number of carbonyl (C=O) groups is 1. The van der Waals surface area contributed by atoms with Gasteiger partial charge in [0, 0.05) is 16.3 Å². The molecule has 146 valence electrons. The number of methoxy groups -OCH3 is 1. The van der Waals surface area contributed by atoms with Gasteiger partial charge in [-0.1, -0.05) is 35.5 Å². The van der Waals surface area contributed by atoms with Gasteiger partial charge in [-0.2, -0.15) is 9.61 Å². The van der Waals surface area contributed by atoms with Gasteiger partial charge in [0.25, 0.3) is 0 Å². The number of fused-ring (bicyclic) bond motifs is 1. The smallest absolute Gasteiger partial charge is 0.234 e. The number of anilines is 1. The molecule has 0 atom stereocenters. The summed E-state index contributed by atoms with van der Waals surface area (Å²) in [4.78, 5) is 12.2. The molecule has 0 bridgehead atoms. The first-order valence-corrected chi connectivity index (χ1v) is 10.0. The Hall–Kier alpha value is -3.10. The molecule has 29 heavy (non-hydrogen) atoms. The summed E-state index contributed by atoms with van der Waals surface area (Å²) in [7, 11) is 1.62. The number of halogens is 1. The molecule has 0 fully saturated rings. The van der Waals surface area contributed by atoms with Crippen molar-refractivity contribution in [2.45, 2.75) is 5.16 Å². The van der Waals surface area contributed by atoms with Crippen molar-refractivity contribution < 1.29 is 9.53 Å². The topological polar surface area (TPSA) is 81.4 Å². The molecule has 0 spiro atoms. The molecule has 0 unspecified atom stereocenters. The lowest BCUT2D eigenvalue weighted by Gasteiger charge is -2.08. The van der Waals surface area contributed by atoms with Crippen LogP contribution in [0.15, 0.2) is 65.8 Å². The lowest BCUT2D eigenvalue weighted by atomic mass is 10.1. The van der Waals surface area contributed by atoms with Crippen LogP contribution in [-0.4, -0.2) is 38.6 Å². The van der Waals surface area contributed by atoms with Crippen LogP contribution in [0.3, 0.4) is 0 Å². The van der Waals surface area contributed by atoms with Crippen molar-refractivity contribution in [1.29, 1.82) is 0 Å². The zero-order valence-corrected chi connectivity index (χ0v) is 16.9. The van der Waals surface area contributed by atoms with Gasteiger partial charge in [-0.3, -0.25) is 4.79 Å². The van der Waals surface area contributed by atoms with Crippen LogP contribution in [0.25, 0.3) is 16.9 Å². The third-order valence-corrected chi connectivity index (χ3v) is 5.25. The van der Waals surface area contributed by atoms with E-state index in [1.165, 1.54) is 11.8 Å². The minimum atomic E-state index is -0.157. The summed E-state index contributed by atoms with van der Waals surface area (Å²) in [5.74, 6) is 0.739. The second-order valence-electron chi connectivity index (χ2n) is 6.02. The Labute approximate surface area is 176 Å². The molecular weight excluding hydrogens is 410 g/mol. The SMILES string of the molecule is COc1ccccc1-c1ccc2nnc(SCC(=O)Nc3ccc(Cl)cc3)n2n1. The van der Waals surface area contributed by atoms with Crippen molar-refractivity contribution in [2.24, 2.45) is 0 Å². The van der Waals surface area contributed by atoms with E-state index in [2.05, 4.69) is 20.6 Å². The highest BCUT2D eigenvalue weighted by Crippen LogP contribution is 2.28. The maximum absolute atomic E-state index is 12.2. The minimum absolute atomic E-state index is 0.157. The molecule has 0 aliphatic heterocycles. The van der Waals surface area contributed by atoms with Crippen LogP contribution in [0.2, 0.25) is 5.02 Å². The first-order valence-electron chi connectivity index (χ1n) is 8.68. The van der Waals surface area contributed by atoms with Crippen molar-refractivity contribution in [1.82, 2.24) is 19.8 Å². The van der Waals surface area contributed by atoms with Gasteiger partial charge in [-0.15, -0.1) is 10.2 Å². The number of para-hydroxylation sites is 1. The van der Waals surface area contributed by atoms with E-state index in [9.17, 15) is 4.79 Å². The molecule has 4 rings (SSSR count).